The smallest absolute Gasteiger partial charge is 0.244 e. The molecule has 1 amide bonds. The predicted molar refractivity (Wildman–Crippen MR) is 104 cm³/mol. The zero-order chi connectivity index (χ0) is 17.4. The summed E-state index contributed by atoms with van der Waals surface area (Å²) >= 11 is 0. The molecule has 25 heavy (non-hydrogen) atoms. The van der Waals surface area contributed by atoms with Gasteiger partial charge in [-0.3, -0.25) is 4.79 Å². The van der Waals surface area contributed by atoms with Crippen LogP contribution in [0.5, 0.6) is 0 Å². The number of carbonyl (C=O) groups is 1. The van der Waals surface area contributed by atoms with Crippen LogP contribution in [-0.2, 0) is 11.3 Å². The van der Waals surface area contributed by atoms with E-state index in [0.29, 0.717) is 0 Å². The first-order valence-electron chi connectivity index (χ1n) is 9.25. The summed E-state index contributed by atoms with van der Waals surface area (Å²) in [5.74, 6) is 0.202. The van der Waals surface area contributed by atoms with Crippen molar-refractivity contribution < 1.29 is 4.79 Å². The molecule has 2 aromatic carbocycles. The van der Waals surface area contributed by atoms with Gasteiger partial charge in [0, 0.05) is 47.1 Å². The lowest BCUT2D eigenvalue weighted by atomic mass is 10.1. The molecule has 1 aliphatic heterocycles. The Morgan fingerprint density at radius 1 is 1.08 bits per heavy atom. The fraction of sp³-hybridized carbons (Fsp3) is 0.381. The number of hydrogen-bond acceptors (Lipinski definition) is 2. The largest absolute Gasteiger partial charge is 0.374 e. The molecule has 4 rings (SSSR count). The van der Waals surface area contributed by atoms with Crippen molar-refractivity contribution >= 4 is 33.4 Å². The van der Waals surface area contributed by atoms with E-state index in [2.05, 4.69) is 59.3 Å². The lowest BCUT2D eigenvalue weighted by Crippen LogP contribution is -2.39. The van der Waals surface area contributed by atoms with Crippen LogP contribution >= 0.6 is 0 Å². The SMILES string of the molecule is CCn1c2ccccc2c2cc(NC(C)C(=O)N3CCCC3)ccc21. The number of fused-ring (bicyclic) bond motifs is 3. The number of para-hydroxylation sites is 1. The second-order valence-corrected chi connectivity index (χ2v) is 6.89. The Labute approximate surface area is 148 Å². The van der Waals surface area contributed by atoms with E-state index < -0.39 is 0 Å². The second-order valence-electron chi connectivity index (χ2n) is 6.89. The van der Waals surface area contributed by atoms with E-state index in [1.54, 1.807) is 0 Å². The number of carbonyl (C=O) groups excluding carboxylic acids is 1. The minimum absolute atomic E-state index is 0.199. The molecule has 0 saturated carbocycles. The van der Waals surface area contributed by atoms with Crippen molar-refractivity contribution in [2.24, 2.45) is 0 Å². The molecule has 130 valence electrons. The monoisotopic (exact) mass is 335 g/mol. The topological polar surface area (TPSA) is 37.3 Å². The molecule has 3 aromatic rings. The number of likely N-dealkylation sites (tertiary alicyclic amines) is 1. The molecule has 1 N–H and O–H groups in total. The molecule has 0 spiro atoms. The second kappa shape index (κ2) is 6.43. The molecule has 0 bridgehead atoms. The Kier molecular flexibility index (Phi) is 4.12. The fourth-order valence-electron chi connectivity index (χ4n) is 4.01. The molecule has 1 saturated heterocycles. The summed E-state index contributed by atoms with van der Waals surface area (Å²) in [5, 5.41) is 5.91. The number of anilines is 1. The third-order valence-corrected chi connectivity index (χ3v) is 5.26. The van der Waals surface area contributed by atoms with Gasteiger partial charge in [-0.2, -0.15) is 0 Å². The molecule has 1 fully saturated rings. The Morgan fingerprint density at radius 3 is 2.56 bits per heavy atom. The van der Waals surface area contributed by atoms with E-state index in [9.17, 15) is 4.79 Å². The number of benzene rings is 2. The Morgan fingerprint density at radius 2 is 1.80 bits per heavy atom. The molecule has 2 heterocycles. The number of hydrogen-bond donors (Lipinski definition) is 1. The van der Waals surface area contributed by atoms with E-state index in [0.717, 1.165) is 38.2 Å². The molecular formula is C21H25N3O. The van der Waals surface area contributed by atoms with Crippen molar-refractivity contribution in [2.45, 2.75) is 39.3 Å². The van der Waals surface area contributed by atoms with Crippen molar-refractivity contribution in [1.82, 2.24) is 9.47 Å². The van der Waals surface area contributed by atoms with Gasteiger partial charge in [0.2, 0.25) is 5.91 Å². The molecular weight excluding hydrogens is 310 g/mol. The molecule has 1 unspecified atom stereocenters. The van der Waals surface area contributed by atoms with Gasteiger partial charge in [-0.05, 0) is 51.0 Å². The van der Waals surface area contributed by atoms with Gasteiger partial charge in [0.1, 0.15) is 6.04 Å². The van der Waals surface area contributed by atoms with Crippen LogP contribution in [0, 0.1) is 0 Å². The van der Waals surface area contributed by atoms with Crippen LogP contribution in [0.4, 0.5) is 5.69 Å². The van der Waals surface area contributed by atoms with E-state index in [1.165, 1.54) is 21.8 Å². The minimum atomic E-state index is -0.199. The van der Waals surface area contributed by atoms with E-state index in [-0.39, 0.29) is 11.9 Å². The van der Waals surface area contributed by atoms with E-state index >= 15 is 0 Å². The first kappa shape index (κ1) is 16.0. The van der Waals surface area contributed by atoms with Crippen LogP contribution in [-0.4, -0.2) is 34.5 Å². The van der Waals surface area contributed by atoms with Gasteiger partial charge in [-0.25, -0.2) is 0 Å². The highest BCUT2D eigenvalue weighted by Crippen LogP contribution is 2.31. The van der Waals surface area contributed by atoms with Crippen LogP contribution in [0.25, 0.3) is 21.8 Å². The van der Waals surface area contributed by atoms with Crippen LogP contribution < -0.4 is 5.32 Å². The summed E-state index contributed by atoms with van der Waals surface area (Å²) in [6, 6.07) is 14.7. The standard InChI is InChI=1S/C21H25N3O/c1-3-24-19-9-5-4-8-17(19)18-14-16(10-11-20(18)24)22-15(2)21(25)23-12-6-7-13-23/h4-5,8-11,14-15,22H,3,6-7,12-13H2,1-2H3. The van der Waals surface area contributed by atoms with Gasteiger partial charge in [0.25, 0.3) is 0 Å². The first-order chi connectivity index (χ1) is 12.2. The zero-order valence-electron chi connectivity index (χ0n) is 15.0. The molecule has 1 aromatic heterocycles. The van der Waals surface area contributed by atoms with Crippen molar-refractivity contribution in [1.29, 1.82) is 0 Å². The minimum Gasteiger partial charge on any atom is -0.374 e. The highest BCUT2D eigenvalue weighted by molar-refractivity contribution is 6.09. The average Bonchev–Trinajstić information content (AvgIpc) is 3.27. The highest BCUT2D eigenvalue weighted by atomic mass is 16.2. The number of nitrogens with one attached hydrogen (secondary N) is 1. The van der Waals surface area contributed by atoms with Gasteiger partial charge >= 0.3 is 0 Å². The van der Waals surface area contributed by atoms with Crippen molar-refractivity contribution in [3.05, 3.63) is 42.5 Å². The number of rotatable bonds is 4. The molecule has 4 nitrogen and oxygen atoms in total. The average molecular weight is 335 g/mol. The van der Waals surface area contributed by atoms with E-state index in [1.807, 2.05) is 11.8 Å². The summed E-state index contributed by atoms with van der Waals surface area (Å²) in [5.41, 5.74) is 3.51. The Hall–Kier alpha value is -2.49. The Balaban J connectivity index is 1.67. The lowest BCUT2D eigenvalue weighted by Gasteiger charge is -2.22. The lowest BCUT2D eigenvalue weighted by molar-refractivity contribution is -0.130. The third kappa shape index (κ3) is 2.76. The van der Waals surface area contributed by atoms with Gasteiger partial charge in [0.05, 0.1) is 0 Å². The van der Waals surface area contributed by atoms with Crippen LogP contribution in [0.15, 0.2) is 42.5 Å². The van der Waals surface area contributed by atoms with Crippen molar-refractivity contribution in [2.75, 3.05) is 18.4 Å². The van der Waals surface area contributed by atoms with Crippen LogP contribution in [0.3, 0.4) is 0 Å². The maximum absolute atomic E-state index is 12.5. The van der Waals surface area contributed by atoms with Gasteiger partial charge in [-0.15, -0.1) is 0 Å². The van der Waals surface area contributed by atoms with Gasteiger partial charge in [0.15, 0.2) is 0 Å². The van der Waals surface area contributed by atoms with Crippen molar-refractivity contribution in [3.8, 4) is 0 Å². The van der Waals surface area contributed by atoms with Crippen LogP contribution in [0.1, 0.15) is 26.7 Å². The van der Waals surface area contributed by atoms with Gasteiger partial charge < -0.3 is 14.8 Å². The summed E-state index contributed by atoms with van der Waals surface area (Å²) in [6.45, 7) is 6.87. The number of aryl methyl sites for hydroxylation is 1. The predicted octanol–water partition coefficient (Wildman–Crippen LogP) is 4.24. The molecule has 4 heteroatoms. The zero-order valence-corrected chi connectivity index (χ0v) is 15.0. The number of aromatic nitrogens is 1. The van der Waals surface area contributed by atoms with Crippen LogP contribution in [0.2, 0.25) is 0 Å². The van der Waals surface area contributed by atoms with E-state index in [4.69, 9.17) is 0 Å². The molecule has 0 aliphatic carbocycles. The van der Waals surface area contributed by atoms with Gasteiger partial charge in [-0.1, -0.05) is 18.2 Å². The highest BCUT2D eigenvalue weighted by Gasteiger charge is 2.23. The van der Waals surface area contributed by atoms with Crippen molar-refractivity contribution in [3.63, 3.8) is 0 Å². The molecule has 0 radical (unpaired) electrons. The normalized spacial score (nSPS) is 15.8. The molecule has 1 aliphatic rings. The number of amides is 1. The molecule has 1 atom stereocenters. The maximum Gasteiger partial charge on any atom is 0.244 e. The Bertz CT molecular complexity index is 921. The third-order valence-electron chi connectivity index (χ3n) is 5.26. The summed E-state index contributed by atoms with van der Waals surface area (Å²) in [7, 11) is 0. The first-order valence-corrected chi connectivity index (χ1v) is 9.25. The summed E-state index contributed by atoms with van der Waals surface area (Å²) < 4.78 is 2.34. The summed E-state index contributed by atoms with van der Waals surface area (Å²) in [6.07, 6.45) is 2.25. The fourth-order valence-corrected chi connectivity index (χ4v) is 4.01. The summed E-state index contributed by atoms with van der Waals surface area (Å²) in [4.78, 5) is 14.5. The quantitative estimate of drug-likeness (QED) is 0.774. The maximum atomic E-state index is 12.5. The number of nitrogens with zero attached hydrogens (tertiary/aromatic N) is 2.